The topological polar surface area (TPSA) is 55.6 Å². The van der Waals surface area contributed by atoms with Crippen molar-refractivity contribution in [3.05, 3.63) is 52.7 Å². The minimum absolute atomic E-state index is 0.00240. The highest BCUT2D eigenvalue weighted by molar-refractivity contribution is 6.31. The maximum atomic E-state index is 12.4. The van der Waals surface area contributed by atoms with E-state index >= 15 is 0 Å². The lowest BCUT2D eigenvalue weighted by Gasteiger charge is -2.33. The first-order valence-electron chi connectivity index (χ1n) is 8.74. The molecule has 1 unspecified atom stereocenters. The fourth-order valence-corrected chi connectivity index (χ4v) is 3.35. The highest BCUT2D eigenvalue weighted by Crippen LogP contribution is 2.31. The van der Waals surface area contributed by atoms with E-state index in [0.29, 0.717) is 23.9 Å². The van der Waals surface area contributed by atoms with Crippen LogP contribution in [0.1, 0.15) is 49.4 Å². The van der Waals surface area contributed by atoms with Gasteiger partial charge in [0.1, 0.15) is 18.4 Å². The van der Waals surface area contributed by atoms with E-state index < -0.39 is 0 Å². The Morgan fingerprint density at radius 2 is 2.24 bits per heavy atom. The van der Waals surface area contributed by atoms with E-state index in [2.05, 4.69) is 4.98 Å². The van der Waals surface area contributed by atoms with E-state index in [1.807, 2.05) is 36.1 Å². The lowest BCUT2D eigenvalue weighted by molar-refractivity contribution is -0.140. The number of aromatic nitrogens is 1. The number of likely N-dealkylation sites (tertiary alicyclic amines) is 1. The van der Waals surface area contributed by atoms with E-state index in [9.17, 15) is 4.79 Å². The summed E-state index contributed by atoms with van der Waals surface area (Å²) < 4.78 is 11.2. The molecule has 1 amide bonds. The van der Waals surface area contributed by atoms with Crippen molar-refractivity contribution in [1.82, 2.24) is 9.88 Å². The molecule has 6 heteroatoms. The summed E-state index contributed by atoms with van der Waals surface area (Å²) in [5.41, 5.74) is 1.000. The molecular formula is C19H23ClN2O3. The van der Waals surface area contributed by atoms with E-state index in [1.165, 1.54) is 0 Å². The molecule has 1 saturated heterocycles. The predicted octanol–water partition coefficient (Wildman–Crippen LogP) is 4.01. The molecule has 1 fully saturated rings. The zero-order valence-corrected chi connectivity index (χ0v) is 15.2. The molecule has 2 heterocycles. The Labute approximate surface area is 152 Å². The number of carbonyl (C=O) groups is 1. The Balaban J connectivity index is 1.73. The molecule has 0 bridgehead atoms. The van der Waals surface area contributed by atoms with Crippen molar-refractivity contribution in [1.29, 1.82) is 0 Å². The summed E-state index contributed by atoms with van der Waals surface area (Å²) in [5, 5.41) is 0.714. The molecule has 1 aliphatic rings. The van der Waals surface area contributed by atoms with Crippen molar-refractivity contribution in [2.45, 2.75) is 38.6 Å². The maximum absolute atomic E-state index is 12.4. The van der Waals surface area contributed by atoms with Gasteiger partial charge in [0, 0.05) is 24.6 Å². The van der Waals surface area contributed by atoms with Crippen LogP contribution in [0.3, 0.4) is 0 Å². The van der Waals surface area contributed by atoms with Crippen molar-refractivity contribution >= 4 is 17.5 Å². The van der Waals surface area contributed by atoms with Gasteiger partial charge in [-0.2, -0.15) is 0 Å². The van der Waals surface area contributed by atoms with Crippen LogP contribution < -0.4 is 0 Å². The number of ether oxygens (including phenoxy) is 1. The van der Waals surface area contributed by atoms with Gasteiger partial charge in [-0.15, -0.1) is 0 Å². The standard InChI is InChI=1S/C19H23ClN2O3/c1-2-24-13-18(23)22-10-6-5-9-17(22)19-21-12-15(25-19)11-14-7-3-4-8-16(14)20/h3-4,7-8,12,17H,2,5-6,9-11,13H2,1H3. The van der Waals surface area contributed by atoms with Gasteiger partial charge >= 0.3 is 0 Å². The predicted molar refractivity (Wildman–Crippen MR) is 95.6 cm³/mol. The maximum Gasteiger partial charge on any atom is 0.249 e. The summed E-state index contributed by atoms with van der Waals surface area (Å²) >= 11 is 6.21. The molecule has 5 nitrogen and oxygen atoms in total. The van der Waals surface area contributed by atoms with Crippen molar-refractivity contribution in [3.63, 3.8) is 0 Å². The third-order valence-electron chi connectivity index (χ3n) is 4.43. The highest BCUT2D eigenvalue weighted by atomic mass is 35.5. The van der Waals surface area contributed by atoms with Crippen LogP contribution in [0.4, 0.5) is 0 Å². The van der Waals surface area contributed by atoms with E-state index in [1.54, 1.807) is 6.20 Å². The quantitative estimate of drug-likeness (QED) is 0.779. The molecule has 3 rings (SSSR count). The van der Waals surface area contributed by atoms with Gasteiger partial charge in [0.15, 0.2) is 0 Å². The molecule has 0 aliphatic carbocycles. The molecule has 134 valence electrons. The SMILES string of the molecule is CCOCC(=O)N1CCCCC1c1ncc(Cc2ccccc2Cl)o1. The average Bonchev–Trinajstić information content (AvgIpc) is 3.10. The van der Waals surface area contributed by atoms with Crippen LogP contribution in [0.2, 0.25) is 5.02 Å². The fourth-order valence-electron chi connectivity index (χ4n) is 3.15. The summed E-state index contributed by atoms with van der Waals surface area (Å²) in [4.78, 5) is 18.7. The molecule has 0 radical (unpaired) electrons. The average molecular weight is 363 g/mol. The van der Waals surface area contributed by atoms with Crippen LogP contribution >= 0.6 is 11.6 Å². The van der Waals surface area contributed by atoms with Crippen LogP contribution in [-0.2, 0) is 16.0 Å². The first-order valence-corrected chi connectivity index (χ1v) is 9.12. The smallest absolute Gasteiger partial charge is 0.249 e. The normalized spacial score (nSPS) is 17.7. The summed E-state index contributed by atoms with van der Waals surface area (Å²) in [7, 11) is 0. The van der Waals surface area contributed by atoms with Gasteiger partial charge in [-0.1, -0.05) is 29.8 Å². The molecule has 0 saturated carbocycles. The first kappa shape index (κ1) is 18.0. The van der Waals surface area contributed by atoms with Crippen LogP contribution in [0.15, 0.2) is 34.9 Å². The number of nitrogens with zero attached hydrogens (tertiary/aromatic N) is 2. The molecule has 0 N–H and O–H groups in total. The molecule has 1 aromatic heterocycles. The monoisotopic (exact) mass is 362 g/mol. The van der Waals surface area contributed by atoms with Gasteiger partial charge in [0.05, 0.1) is 6.20 Å². The molecule has 1 aliphatic heterocycles. The summed E-state index contributed by atoms with van der Waals surface area (Å²) in [5.74, 6) is 1.36. The Hall–Kier alpha value is -1.85. The molecule has 2 aromatic rings. The van der Waals surface area contributed by atoms with Crippen LogP contribution in [-0.4, -0.2) is 35.5 Å². The molecular weight excluding hydrogens is 340 g/mol. The Morgan fingerprint density at radius 1 is 1.40 bits per heavy atom. The third-order valence-corrected chi connectivity index (χ3v) is 4.80. The number of benzene rings is 1. The highest BCUT2D eigenvalue weighted by Gasteiger charge is 2.31. The van der Waals surface area contributed by atoms with E-state index in [4.69, 9.17) is 20.8 Å². The number of oxazole rings is 1. The zero-order chi connectivity index (χ0) is 17.6. The molecule has 1 aromatic carbocycles. The number of hydrogen-bond acceptors (Lipinski definition) is 4. The second-order valence-corrected chi connectivity index (χ2v) is 6.58. The zero-order valence-electron chi connectivity index (χ0n) is 14.4. The molecule has 25 heavy (non-hydrogen) atoms. The Kier molecular flexibility index (Phi) is 6.10. The molecule has 1 atom stereocenters. The number of piperidine rings is 1. The van der Waals surface area contributed by atoms with Crippen molar-refractivity contribution in [2.24, 2.45) is 0 Å². The number of amides is 1. The molecule has 0 spiro atoms. The van der Waals surface area contributed by atoms with E-state index in [-0.39, 0.29) is 18.6 Å². The van der Waals surface area contributed by atoms with Gasteiger partial charge in [0.2, 0.25) is 11.8 Å². The van der Waals surface area contributed by atoms with Crippen molar-refractivity contribution in [2.75, 3.05) is 19.8 Å². The number of halogens is 1. The van der Waals surface area contributed by atoms with Crippen LogP contribution in [0.5, 0.6) is 0 Å². The van der Waals surface area contributed by atoms with Gasteiger partial charge in [-0.3, -0.25) is 4.79 Å². The Bertz CT molecular complexity index is 716. The second-order valence-electron chi connectivity index (χ2n) is 6.17. The third kappa shape index (κ3) is 4.41. The summed E-state index contributed by atoms with van der Waals surface area (Å²) in [6.07, 6.45) is 5.25. The van der Waals surface area contributed by atoms with Gasteiger partial charge in [-0.05, 0) is 37.8 Å². The summed E-state index contributed by atoms with van der Waals surface area (Å²) in [6, 6.07) is 7.59. The van der Waals surface area contributed by atoms with Gasteiger partial charge in [0.25, 0.3) is 0 Å². The number of hydrogen-bond donors (Lipinski definition) is 0. The van der Waals surface area contributed by atoms with Gasteiger partial charge in [-0.25, -0.2) is 4.98 Å². The van der Waals surface area contributed by atoms with E-state index in [0.717, 1.165) is 37.1 Å². The fraction of sp³-hybridized carbons (Fsp3) is 0.474. The largest absolute Gasteiger partial charge is 0.443 e. The van der Waals surface area contributed by atoms with Crippen LogP contribution in [0.25, 0.3) is 0 Å². The lowest BCUT2D eigenvalue weighted by atomic mass is 10.0. The van der Waals surface area contributed by atoms with Crippen molar-refractivity contribution in [3.8, 4) is 0 Å². The van der Waals surface area contributed by atoms with Crippen molar-refractivity contribution < 1.29 is 13.9 Å². The van der Waals surface area contributed by atoms with Gasteiger partial charge < -0.3 is 14.1 Å². The van der Waals surface area contributed by atoms with Crippen LogP contribution in [0, 0.1) is 0 Å². The summed E-state index contributed by atoms with van der Waals surface area (Å²) in [6.45, 7) is 3.25. The second kappa shape index (κ2) is 8.50. The first-order chi connectivity index (χ1) is 12.2. The number of carbonyl (C=O) groups excluding carboxylic acids is 1. The lowest BCUT2D eigenvalue weighted by Crippen LogP contribution is -2.40. The minimum Gasteiger partial charge on any atom is -0.443 e. The number of rotatable bonds is 6. The minimum atomic E-state index is -0.110. The Morgan fingerprint density at radius 3 is 3.04 bits per heavy atom.